The van der Waals surface area contributed by atoms with Crippen molar-refractivity contribution in [2.24, 2.45) is 11.7 Å². The highest BCUT2D eigenvalue weighted by Gasteiger charge is 2.26. The van der Waals surface area contributed by atoms with E-state index < -0.39 is 0 Å². The van der Waals surface area contributed by atoms with Gasteiger partial charge in [-0.25, -0.2) is 4.79 Å². The summed E-state index contributed by atoms with van der Waals surface area (Å²) < 4.78 is 4.91. The topological polar surface area (TPSA) is 55.6 Å². The van der Waals surface area contributed by atoms with Crippen LogP contribution in [0.25, 0.3) is 0 Å². The summed E-state index contributed by atoms with van der Waals surface area (Å²) in [5, 5.41) is 0. The lowest BCUT2D eigenvalue weighted by Gasteiger charge is -2.33. The van der Waals surface area contributed by atoms with Crippen LogP contribution in [0.4, 0.5) is 4.79 Å². The summed E-state index contributed by atoms with van der Waals surface area (Å²) in [5.41, 5.74) is 5.80. The Balaban J connectivity index is 2.45. The lowest BCUT2D eigenvalue weighted by atomic mass is 9.97. The Morgan fingerprint density at radius 1 is 1.62 bits per heavy atom. The van der Waals surface area contributed by atoms with Gasteiger partial charge in [0.25, 0.3) is 0 Å². The highest BCUT2D eigenvalue weighted by molar-refractivity contribution is 5.67. The quantitative estimate of drug-likeness (QED) is 0.659. The molecule has 0 aromatic heterocycles. The van der Waals surface area contributed by atoms with E-state index in [1.54, 1.807) is 4.90 Å². The molecule has 1 fully saturated rings. The van der Waals surface area contributed by atoms with E-state index in [4.69, 9.17) is 10.5 Å². The first kappa shape index (κ1) is 10.3. The lowest BCUT2D eigenvalue weighted by molar-refractivity contribution is 0.0857. The first-order valence-corrected chi connectivity index (χ1v) is 4.80. The summed E-state index contributed by atoms with van der Waals surface area (Å²) in [4.78, 5) is 13.0. The molecular formula is C9H18N2O2. The molecule has 2 atom stereocenters. The fraction of sp³-hybridized carbons (Fsp3) is 0.889. The fourth-order valence-corrected chi connectivity index (χ4v) is 1.76. The summed E-state index contributed by atoms with van der Waals surface area (Å²) in [6, 6.07) is 0.105. The number of nitrogens with zero attached hydrogens (tertiary/aromatic N) is 1. The number of rotatable bonds is 1. The van der Waals surface area contributed by atoms with Crippen molar-refractivity contribution in [1.29, 1.82) is 0 Å². The smallest absolute Gasteiger partial charge is 0.409 e. The van der Waals surface area contributed by atoms with E-state index in [0.29, 0.717) is 19.1 Å². The number of carbonyl (C=O) groups is 1. The minimum atomic E-state index is -0.232. The molecule has 1 aliphatic rings. The molecule has 2 N–H and O–H groups in total. The Bertz CT molecular complexity index is 174. The van der Waals surface area contributed by atoms with E-state index in [1.807, 2.05) is 6.92 Å². The lowest BCUT2D eigenvalue weighted by Crippen LogP contribution is -2.49. The molecule has 0 saturated carbocycles. The maximum absolute atomic E-state index is 11.3. The molecule has 0 aromatic carbocycles. The summed E-state index contributed by atoms with van der Waals surface area (Å²) in [7, 11) is 0. The van der Waals surface area contributed by atoms with Gasteiger partial charge in [-0.15, -0.1) is 0 Å². The second kappa shape index (κ2) is 4.46. The monoisotopic (exact) mass is 186 g/mol. The largest absolute Gasteiger partial charge is 0.450 e. The van der Waals surface area contributed by atoms with Gasteiger partial charge in [-0.2, -0.15) is 0 Å². The van der Waals surface area contributed by atoms with Crippen molar-refractivity contribution in [1.82, 2.24) is 4.90 Å². The van der Waals surface area contributed by atoms with Crippen LogP contribution in [0.3, 0.4) is 0 Å². The highest BCUT2D eigenvalue weighted by atomic mass is 16.6. The Hall–Kier alpha value is -0.770. The molecule has 1 rings (SSSR count). The van der Waals surface area contributed by atoms with Crippen LogP contribution in [0.2, 0.25) is 0 Å². The molecule has 0 aliphatic carbocycles. The molecule has 1 heterocycles. The van der Waals surface area contributed by atoms with Crippen molar-refractivity contribution < 1.29 is 9.53 Å². The van der Waals surface area contributed by atoms with Gasteiger partial charge < -0.3 is 15.4 Å². The Morgan fingerprint density at radius 2 is 2.31 bits per heavy atom. The van der Waals surface area contributed by atoms with E-state index in [-0.39, 0.29) is 12.1 Å². The summed E-state index contributed by atoms with van der Waals surface area (Å²) in [5.74, 6) is 0.480. The fourth-order valence-electron chi connectivity index (χ4n) is 1.76. The average molecular weight is 186 g/mol. The van der Waals surface area contributed by atoms with Crippen LogP contribution in [0, 0.1) is 5.92 Å². The van der Waals surface area contributed by atoms with Gasteiger partial charge >= 0.3 is 6.09 Å². The number of ether oxygens (including phenoxy) is 1. The second-order valence-electron chi connectivity index (χ2n) is 3.70. The van der Waals surface area contributed by atoms with Crippen LogP contribution < -0.4 is 5.73 Å². The number of amides is 1. The van der Waals surface area contributed by atoms with Gasteiger partial charge in [0.2, 0.25) is 0 Å². The molecule has 0 radical (unpaired) electrons. The minimum absolute atomic E-state index is 0.105. The zero-order chi connectivity index (χ0) is 9.84. The molecule has 4 heteroatoms. The van der Waals surface area contributed by atoms with Gasteiger partial charge in [0.15, 0.2) is 0 Å². The molecule has 1 saturated heterocycles. The van der Waals surface area contributed by atoms with Crippen LogP contribution in [0.15, 0.2) is 0 Å². The molecule has 0 bridgehead atoms. The highest BCUT2D eigenvalue weighted by Crippen LogP contribution is 2.15. The number of hydrogen-bond donors (Lipinski definition) is 1. The van der Waals surface area contributed by atoms with Gasteiger partial charge in [-0.1, -0.05) is 6.92 Å². The Morgan fingerprint density at radius 3 is 2.85 bits per heavy atom. The number of likely N-dealkylation sites (tertiary alicyclic amines) is 1. The molecule has 1 amide bonds. The van der Waals surface area contributed by atoms with E-state index in [2.05, 4.69) is 6.92 Å². The van der Waals surface area contributed by atoms with Crippen molar-refractivity contribution in [3.63, 3.8) is 0 Å². The number of nitrogens with two attached hydrogens (primary N) is 1. The summed E-state index contributed by atoms with van der Waals surface area (Å²) in [6.07, 6.45) is 0.764. The van der Waals surface area contributed by atoms with Crippen LogP contribution in [-0.2, 0) is 4.74 Å². The molecular weight excluding hydrogens is 168 g/mol. The third-order valence-electron chi connectivity index (χ3n) is 2.22. The minimum Gasteiger partial charge on any atom is -0.450 e. The maximum Gasteiger partial charge on any atom is 0.409 e. The van der Waals surface area contributed by atoms with Crippen molar-refractivity contribution in [3.8, 4) is 0 Å². The SMILES string of the molecule is CCOC(=O)N1CC(C)CC(N)C1. The van der Waals surface area contributed by atoms with E-state index in [0.717, 1.165) is 13.0 Å². The Kier molecular flexibility index (Phi) is 3.54. The Labute approximate surface area is 79.0 Å². The van der Waals surface area contributed by atoms with E-state index >= 15 is 0 Å². The van der Waals surface area contributed by atoms with E-state index in [9.17, 15) is 4.79 Å². The van der Waals surface area contributed by atoms with E-state index in [1.165, 1.54) is 0 Å². The molecule has 2 unspecified atom stereocenters. The van der Waals surface area contributed by atoms with Crippen LogP contribution in [-0.4, -0.2) is 36.7 Å². The third-order valence-corrected chi connectivity index (χ3v) is 2.22. The predicted molar refractivity (Wildman–Crippen MR) is 50.4 cm³/mol. The molecule has 0 spiro atoms. The van der Waals surface area contributed by atoms with Crippen molar-refractivity contribution in [3.05, 3.63) is 0 Å². The third kappa shape index (κ3) is 2.88. The van der Waals surface area contributed by atoms with Crippen LogP contribution >= 0.6 is 0 Å². The van der Waals surface area contributed by atoms with Crippen molar-refractivity contribution in [2.75, 3.05) is 19.7 Å². The van der Waals surface area contributed by atoms with Crippen LogP contribution in [0.5, 0.6) is 0 Å². The summed E-state index contributed by atoms with van der Waals surface area (Å²) >= 11 is 0. The second-order valence-corrected chi connectivity index (χ2v) is 3.70. The molecule has 76 valence electrons. The normalized spacial score (nSPS) is 28.7. The zero-order valence-electron chi connectivity index (χ0n) is 8.32. The standard InChI is InChI=1S/C9H18N2O2/c1-3-13-9(12)11-5-7(2)4-8(10)6-11/h7-8H,3-6,10H2,1-2H3. The number of hydrogen-bond acceptors (Lipinski definition) is 3. The zero-order valence-corrected chi connectivity index (χ0v) is 8.32. The molecule has 13 heavy (non-hydrogen) atoms. The maximum atomic E-state index is 11.3. The number of carbonyl (C=O) groups excluding carboxylic acids is 1. The van der Waals surface area contributed by atoms with Gasteiger partial charge in [0.1, 0.15) is 0 Å². The molecule has 4 nitrogen and oxygen atoms in total. The average Bonchev–Trinajstić information content (AvgIpc) is 2.03. The molecule has 1 aliphatic heterocycles. The predicted octanol–water partition coefficient (Wildman–Crippen LogP) is 0.812. The van der Waals surface area contributed by atoms with Gasteiger partial charge in [0.05, 0.1) is 6.61 Å². The van der Waals surface area contributed by atoms with Gasteiger partial charge in [-0.05, 0) is 19.3 Å². The van der Waals surface area contributed by atoms with Crippen LogP contribution in [0.1, 0.15) is 20.3 Å². The number of piperidine rings is 1. The van der Waals surface area contributed by atoms with Gasteiger partial charge in [0, 0.05) is 19.1 Å². The first-order chi connectivity index (χ1) is 6.13. The first-order valence-electron chi connectivity index (χ1n) is 4.80. The van der Waals surface area contributed by atoms with Crippen molar-refractivity contribution in [2.45, 2.75) is 26.3 Å². The van der Waals surface area contributed by atoms with Gasteiger partial charge in [-0.3, -0.25) is 0 Å². The summed E-state index contributed by atoms with van der Waals surface area (Å²) in [6.45, 7) is 5.74. The molecule has 0 aromatic rings. The van der Waals surface area contributed by atoms with Crippen molar-refractivity contribution >= 4 is 6.09 Å².